The fourth-order valence-corrected chi connectivity index (χ4v) is 5.68. The van der Waals surface area contributed by atoms with E-state index < -0.39 is 0 Å². The number of aromatic amines is 1. The lowest BCUT2D eigenvalue weighted by atomic mass is 9.71. The summed E-state index contributed by atoms with van der Waals surface area (Å²) >= 11 is 1.59. The van der Waals surface area contributed by atoms with E-state index in [0.717, 1.165) is 23.4 Å². The molecule has 2 bridgehead atoms. The zero-order valence-corrected chi connectivity index (χ0v) is 13.2. The van der Waals surface area contributed by atoms with E-state index in [1.807, 2.05) is 0 Å². The minimum atomic E-state index is -0.0207. The van der Waals surface area contributed by atoms with Gasteiger partial charge in [0.05, 0.1) is 11.6 Å². The Balaban J connectivity index is 1.75. The highest BCUT2D eigenvalue weighted by Gasteiger charge is 2.66. The molecule has 6 heteroatoms. The number of aromatic nitrogens is 4. The molecule has 0 unspecified atom stereocenters. The minimum Gasteiger partial charge on any atom is -0.341 e. The number of carbonyl (C=O) groups excluding carboxylic acids is 1. The van der Waals surface area contributed by atoms with Gasteiger partial charge in [0.2, 0.25) is 0 Å². The fourth-order valence-electron chi connectivity index (χ4n) is 4.12. The molecule has 4 rings (SSSR count). The van der Waals surface area contributed by atoms with Crippen LogP contribution in [0.3, 0.4) is 0 Å². The van der Waals surface area contributed by atoms with E-state index in [-0.39, 0.29) is 22.0 Å². The molecule has 2 fully saturated rings. The van der Waals surface area contributed by atoms with Gasteiger partial charge in [0.15, 0.2) is 5.65 Å². The van der Waals surface area contributed by atoms with Gasteiger partial charge in [-0.3, -0.25) is 4.79 Å². The summed E-state index contributed by atoms with van der Waals surface area (Å²) in [6.07, 6.45) is 5.29. The summed E-state index contributed by atoms with van der Waals surface area (Å²) in [5, 5.41) is 0.813. The van der Waals surface area contributed by atoms with E-state index >= 15 is 0 Å². The van der Waals surface area contributed by atoms with Crippen LogP contribution in [0.5, 0.6) is 0 Å². The largest absolute Gasteiger partial charge is 0.341 e. The Morgan fingerprint density at radius 3 is 2.81 bits per heavy atom. The molecule has 0 saturated heterocycles. The van der Waals surface area contributed by atoms with Crippen LogP contribution in [-0.4, -0.2) is 31.0 Å². The second-order valence-electron chi connectivity index (χ2n) is 6.91. The number of nitrogens with zero attached hydrogens (tertiary/aromatic N) is 3. The number of imidazole rings is 1. The standard InChI is InChI=1S/C15H18N4OS/c1-14(2)8-4-5-15(14,3)11(10(8)20)21-13-9-12(17-6-16-9)18-7-19-13/h6-8,11H,4-5H2,1-3H3,(H,16,17,18,19)/t8-,11-,15-/m1/s1. The van der Waals surface area contributed by atoms with Gasteiger partial charge in [0.25, 0.3) is 0 Å². The van der Waals surface area contributed by atoms with Gasteiger partial charge >= 0.3 is 0 Å². The quantitative estimate of drug-likeness (QED) is 0.864. The van der Waals surface area contributed by atoms with Crippen molar-refractivity contribution < 1.29 is 4.79 Å². The lowest BCUT2D eigenvalue weighted by molar-refractivity contribution is -0.122. The van der Waals surface area contributed by atoms with Crippen molar-refractivity contribution in [3.63, 3.8) is 0 Å². The number of hydrogen-bond donors (Lipinski definition) is 1. The van der Waals surface area contributed by atoms with Crippen LogP contribution in [-0.2, 0) is 4.79 Å². The number of thioether (sulfide) groups is 1. The van der Waals surface area contributed by atoms with Crippen LogP contribution < -0.4 is 0 Å². The van der Waals surface area contributed by atoms with Gasteiger partial charge in [-0.25, -0.2) is 15.0 Å². The first-order chi connectivity index (χ1) is 9.95. The Bertz CT molecular complexity index is 740. The van der Waals surface area contributed by atoms with Crippen LogP contribution in [0.4, 0.5) is 0 Å². The zero-order valence-electron chi connectivity index (χ0n) is 12.4. The summed E-state index contributed by atoms with van der Waals surface area (Å²) < 4.78 is 0. The van der Waals surface area contributed by atoms with E-state index in [4.69, 9.17) is 0 Å². The van der Waals surface area contributed by atoms with Gasteiger partial charge < -0.3 is 4.98 Å². The highest BCUT2D eigenvalue weighted by Crippen LogP contribution is 2.67. The smallest absolute Gasteiger partial charge is 0.181 e. The van der Waals surface area contributed by atoms with Crippen molar-refractivity contribution in [1.29, 1.82) is 0 Å². The number of H-pyrrole nitrogens is 1. The van der Waals surface area contributed by atoms with E-state index in [9.17, 15) is 4.79 Å². The summed E-state index contributed by atoms with van der Waals surface area (Å²) in [7, 11) is 0. The third kappa shape index (κ3) is 1.54. The first-order valence-corrected chi connectivity index (χ1v) is 8.17. The summed E-state index contributed by atoms with van der Waals surface area (Å²) in [5.41, 5.74) is 1.60. The normalized spacial score (nSPS) is 34.0. The average Bonchev–Trinajstić information content (AvgIpc) is 3.03. The lowest BCUT2D eigenvalue weighted by Crippen LogP contribution is -2.35. The molecule has 2 aromatic rings. The first kappa shape index (κ1) is 13.2. The predicted octanol–water partition coefficient (Wildman–Crippen LogP) is 2.84. The average molecular weight is 302 g/mol. The van der Waals surface area contributed by atoms with Gasteiger partial charge in [-0.2, -0.15) is 0 Å². The first-order valence-electron chi connectivity index (χ1n) is 7.29. The van der Waals surface area contributed by atoms with Crippen LogP contribution in [0.25, 0.3) is 11.2 Å². The molecular formula is C15H18N4OS. The Morgan fingerprint density at radius 1 is 1.29 bits per heavy atom. The van der Waals surface area contributed by atoms with Crippen molar-refractivity contribution in [2.24, 2.45) is 16.7 Å². The Morgan fingerprint density at radius 2 is 2.10 bits per heavy atom. The third-order valence-corrected chi connectivity index (χ3v) is 7.41. The molecule has 2 heterocycles. The minimum absolute atomic E-state index is 0.0207. The third-order valence-electron chi connectivity index (χ3n) is 5.89. The van der Waals surface area contributed by atoms with Crippen LogP contribution in [0.1, 0.15) is 33.6 Å². The number of Topliss-reactive ketones (excluding diaryl/α,β-unsaturated/α-hetero) is 1. The number of hydrogen-bond acceptors (Lipinski definition) is 5. The molecule has 2 aromatic heterocycles. The molecule has 110 valence electrons. The molecule has 21 heavy (non-hydrogen) atoms. The molecule has 0 aliphatic heterocycles. The maximum Gasteiger partial charge on any atom is 0.181 e. The molecule has 0 spiro atoms. The van der Waals surface area contributed by atoms with Gasteiger partial charge in [-0.1, -0.05) is 32.5 Å². The van der Waals surface area contributed by atoms with Crippen molar-refractivity contribution in [1.82, 2.24) is 19.9 Å². The Kier molecular flexibility index (Phi) is 2.56. The lowest BCUT2D eigenvalue weighted by Gasteiger charge is -2.37. The molecule has 2 saturated carbocycles. The van der Waals surface area contributed by atoms with Crippen LogP contribution >= 0.6 is 11.8 Å². The van der Waals surface area contributed by atoms with Crippen LogP contribution in [0, 0.1) is 16.7 Å². The molecule has 1 N–H and O–H groups in total. The highest BCUT2D eigenvalue weighted by atomic mass is 32.2. The van der Waals surface area contributed by atoms with Gasteiger partial charge in [0, 0.05) is 5.92 Å². The highest BCUT2D eigenvalue weighted by molar-refractivity contribution is 8.00. The topological polar surface area (TPSA) is 71.5 Å². The molecule has 0 amide bonds. The van der Waals surface area contributed by atoms with E-state index in [0.29, 0.717) is 11.4 Å². The molecule has 2 aliphatic carbocycles. The molecule has 5 nitrogen and oxygen atoms in total. The Labute approximate surface area is 127 Å². The monoisotopic (exact) mass is 302 g/mol. The molecule has 3 atom stereocenters. The fraction of sp³-hybridized carbons (Fsp3) is 0.600. The van der Waals surface area contributed by atoms with Gasteiger partial charge in [-0.05, 0) is 23.7 Å². The Hall–Kier alpha value is -1.43. The van der Waals surface area contributed by atoms with Gasteiger partial charge in [0.1, 0.15) is 22.7 Å². The second-order valence-corrected chi connectivity index (χ2v) is 8.00. The summed E-state index contributed by atoms with van der Waals surface area (Å²) in [6, 6.07) is 0. The summed E-state index contributed by atoms with van der Waals surface area (Å²) in [4.78, 5) is 28.5. The number of nitrogens with one attached hydrogen (secondary N) is 1. The number of carbonyl (C=O) groups is 1. The van der Waals surface area contributed by atoms with Crippen molar-refractivity contribution in [2.75, 3.05) is 0 Å². The van der Waals surface area contributed by atoms with Crippen LogP contribution in [0.15, 0.2) is 17.7 Å². The van der Waals surface area contributed by atoms with Crippen molar-refractivity contribution in [3.05, 3.63) is 12.7 Å². The van der Waals surface area contributed by atoms with E-state index in [1.54, 1.807) is 18.1 Å². The van der Waals surface area contributed by atoms with Crippen LogP contribution in [0.2, 0.25) is 0 Å². The number of fused-ring (bicyclic) bond motifs is 3. The maximum absolute atomic E-state index is 12.8. The molecular weight excluding hydrogens is 284 g/mol. The summed E-state index contributed by atoms with van der Waals surface area (Å²) in [5.74, 6) is 0.587. The number of rotatable bonds is 2. The number of ketones is 1. The molecule has 2 aliphatic rings. The van der Waals surface area contributed by atoms with Crippen molar-refractivity contribution in [3.8, 4) is 0 Å². The maximum atomic E-state index is 12.8. The SMILES string of the molecule is CC1(C)[C@@H]2CC[C@]1(C)[C@H](Sc1ncnc3nc[nH]c13)C2=O. The van der Waals surface area contributed by atoms with Crippen molar-refractivity contribution in [2.45, 2.75) is 43.9 Å². The molecule has 0 aromatic carbocycles. The van der Waals surface area contributed by atoms with E-state index in [1.165, 1.54) is 6.33 Å². The van der Waals surface area contributed by atoms with Crippen molar-refractivity contribution >= 4 is 28.7 Å². The van der Waals surface area contributed by atoms with Gasteiger partial charge in [-0.15, -0.1) is 0 Å². The molecule has 0 radical (unpaired) electrons. The van der Waals surface area contributed by atoms with E-state index in [2.05, 4.69) is 40.7 Å². The predicted molar refractivity (Wildman–Crippen MR) is 80.9 cm³/mol. The summed E-state index contributed by atoms with van der Waals surface area (Å²) in [6.45, 7) is 6.75. The zero-order chi connectivity index (χ0) is 14.8. The second kappa shape index (κ2) is 4.06.